The Morgan fingerprint density at radius 3 is 2.63 bits per heavy atom. The molecule has 0 saturated carbocycles. The fraction of sp³-hybridized carbons (Fsp3) is 0.323. The van der Waals surface area contributed by atoms with Crippen LogP contribution in [-0.2, 0) is 27.6 Å². The van der Waals surface area contributed by atoms with Crippen LogP contribution in [0.25, 0.3) is 10.6 Å². The second-order valence-electron chi connectivity index (χ2n) is 10.8. The Kier molecular flexibility index (Phi) is 8.53. The van der Waals surface area contributed by atoms with E-state index in [9.17, 15) is 18.0 Å². The number of unbranched alkanes of at least 4 members (excludes halogenated alkanes) is 1. The van der Waals surface area contributed by atoms with Crippen LogP contribution in [-0.4, -0.2) is 50.8 Å². The van der Waals surface area contributed by atoms with Crippen molar-refractivity contribution in [1.29, 1.82) is 0 Å². The first-order valence-electron chi connectivity index (χ1n) is 13.7. The molecule has 1 aromatic heterocycles. The van der Waals surface area contributed by atoms with Crippen molar-refractivity contribution >= 4 is 33.0 Å². The SMILES string of the molecule is CC1CC2=C(C=C1C(=O)NCc1cnc(-c3ccc(CCCCN(C)C)cc3)s1)NC(=O)c1ccccc1S2(=O)=O. The highest BCUT2D eigenvalue weighted by molar-refractivity contribution is 7.95. The van der Waals surface area contributed by atoms with E-state index >= 15 is 0 Å². The molecule has 0 fully saturated rings. The minimum Gasteiger partial charge on any atom is -0.347 e. The highest BCUT2D eigenvalue weighted by atomic mass is 32.2. The largest absolute Gasteiger partial charge is 0.347 e. The van der Waals surface area contributed by atoms with Crippen LogP contribution in [0.15, 0.2) is 81.9 Å². The van der Waals surface area contributed by atoms with Crippen LogP contribution < -0.4 is 10.6 Å². The summed E-state index contributed by atoms with van der Waals surface area (Å²) in [5, 5.41) is 6.54. The topological polar surface area (TPSA) is 108 Å². The molecule has 1 unspecified atom stereocenters. The van der Waals surface area contributed by atoms with E-state index in [0.717, 1.165) is 34.8 Å². The summed E-state index contributed by atoms with van der Waals surface area (Å²) in [4.78, 5) is 33.8. The highest BCUT2D eigenvalue weighted by Crippen LogP contribution is 2.37. The van der Waals surface area contributed by atoms with Crippen LogP contribution >= 0.6 is 11.3 Å². The molecule has 2 amide bonds. The van der Waals surface area contributed by atoms with Crippen molar-refractivity contribution in [2.75, 3.05) is 20.6 Å². The van der Waals surface area contributed by atoms with Crippen molar-refractivity contribution < 1.29 is 18.0 Å². The Balaban J connectivity index is 1.24. The number of sulfone groups is 1. The van der Waals surface area contributed by atoms with Gasteiger partial charge in [-0.25, -0.2) is 13.4 Å². The normalized spacial score (nSPS) is 17.8. The summed E-state index contributed by atoms with van der Waals surface area (Å²) >= 11 is 1.52. The van der Waals surface area contributed by atoms with Crippen LogP contribution in [0.1, 0.15) is 47.0 Å². The number of carbonyl (C=O) groups excluding carboxylic acids is 2. The number of rotatable bonds is 9. The summed E-state index contributed by atoms with van der Waals surface area (Å²) < 4.78 is 26.7. The van der Waals surface area contributed by atoms with Crippen molar-refractivity contribution in [2.24, 2.45) is 5.92 Å². The average molecular weight is 591 g/mol. The van der Waals surface area contributed by atoms with Gasteiger partial charge in [0.2, 0.25) is 15.7 Å². The summed E-state index contributed by atoms with van der Waals surface area (Å²) in [5.41, 5.74) is 3.04. The molecular formula is C31H34N4O4S2. The molecule has 0 radical (unpaired) electrons. The van der Waals surface area contributed by atoms with E-state index < -0.39 is 15.7 Å². The van der Waals surface area contributed by atoms with Gasteiger partial charge >= 0.3 is 0 Å². The van der Waals surface area contributed by atoms with Gasteiger partial charge in [-0.05, 0) is 76.0 Å². The Morgan fingerprint density at radius 2 is 1.88 bits per heavy atom. The number of carbonyl (C=O) groups is 2. The van der Waals surface area contributed by atoms with E-state index in [0.29, 0.717) is 12.1 Å². The molecular weight excluding hydrogens is 556 g/mol. The summed E-state index contributed by atoms with van der Waals surface area (Å²) in [6.45, 7) is 3.21. The zero-order valence-electron chi connectivity index (χ0n) is 23.4. The number of fused-ring (bicyclic) bond motifs is 1. The smallest absolute Gasteiger partial charge is 0.257 e. The van der Waals surface area contributed by atoms with E-state index in [2.05, 4.69) is 58.9 Å². The maximum absolute atomic E-state index is 13.4. The fourth-order valence-corrected chi connectivity index (χ4v) is 7.80. The van der Waals surface area contributed by atoms with E-state index in [4.69, 9.17) is 0 Å². The third-order valence-corrected chi connectivity index (χ3v) is 10.4. The Bertz CT molecular complexity index is 1640. The number of benzene rings is 2. The lowest BCUT2D eigenvalue weighted by molar-refractivity contribution is -0.118. The quantitative estimate of drug-likeness (QED) is 0.350. The van der Waals surface area contributed by atoms with Gasteiger partial charge in [-0.2, -0.15) is 0 Å². The van der Waals surface area contributed by atoms with Gasteiger partial charge in [-0.15, -0.1) is 11.3 Å². The number of hydrogen-bond acceptors (Lipinski definition) is 7. The minimum absolute atomic E-state index is 0.00773. The van der Waals surface area contributed by atoms with Gasteiger partial charge in [0.15, 0.2) is 0 Å². The molecule has 0 saturated heterocycles. The van der Waals surface area contributed by atoms with Crippen molar-refractivity contribution in [1.82, 2.24) is 20.5 Å². The molecule has 3 aromatic rings. The van der Waals surface area contributed by atoms with Gasteiger partial charge in [-0.1, -0.05) is 43.3 Å². The van der Waals surface area contributed by atoms with Crippen LogP contribution in [0.4, 0.5) is 0 Å². The maximum atomic E-state index is 13.4. The minimum atomic E-state index is -3.87. The van der Waals surface area contributed by atoms with Gasteiger partial charge in [0, 0.05) is 22.2 Å². The van der Waals surface area contributed by atoms with E-state index in [1.165, 1.54) is 41.5 Å². The third kappa shape index (κ3) is 6.34. The van der Waals surface area contributed by atoms with E-state index in [1.54, 1.807) is 18.3 Å². The predicted octanol–water partition coefficient (Wildman–Crippen LogP) is 4.71. The molecule has 2 heterocycles. The van der Waals surface area contributed by atoms with Gasteiger partial charge in [0.25, 0.3) is 5.91 Å². The molecule has 1 aliphatic carbocycles. The molecule has 1 atom stereocenters. The number of hydrogen-bond donors (Lipinski definition) is 2. The lowest BCUT2D eigenvalue weighted by Gasteiger charge is -2.23. The number of thiazole rings is 1. The van der Waals surface area contributed by atoms with Crippen LogP contribution in [0.3, 0.4) is 0 Å². The van der Waals surface area contributed by atoms with Gasteiger partial charge in [0.1, 0.15) is 5.01 Å². The Labute approximate surface area is 245 Å². The summed E-state index contributed by atoms with van der Waals surface area (Å²) in [6.07, 6.45) is 6.78. The Morgan fingerprint density at radius 1 is 1.12 bits per heavy atom. The second-order valence-corrected chi connectivity index (χ2v) is 13.8. The number of aryl methyl sites for hydroxylation is 1. The second kappa shape index (κ2) is 12.1. The van der Waals surface area contributed by atoms with E-state index in [1.807, 2.05) is 6.92 Å². The standard InChI is InChI=1S/C31H34N4O4S2/c1-20-16-28-26(34-30(37)24-9-4-5-10-27(24)41(28,38)39)17-25(20)29(36)32-18-23-19-33-31(40-23)22-13-11-21(12-14-22)8-6-7-15-35(2)3/h4-5,9-14,17,19-20H,6-8,15-16,18H2,1-3H3,(H,32,36)(H,34,37). The highest BCUT2D eigenvalue weighted by Gasteiger charge is 2.37. The molecule has 0 bridgehead atoms. The third-order valence-electron chi connectivity index (χ3n) is 7.38. The average Bonchev–Trinajstić information content (AvgIpc) is 3.41. The van der Waals surface area contributed by atoms with Gasteiger partial charge < -0.3 is 15.5 Å². The first-order valence-corrected chi connectivity index (χ1v) is 16.0. The van der Waals surface area contributed by atoms with Crippen LogP contribution in [0.5, 0.6) is 0 Å². The fourth-order valence-electron chi connectivity index (χ4n) is 5.10. The monoisotopic (exact) mass is 590 g/mol. The zero-order chi connectivity index (χ0) is 29.1. The van der Waals surface area contributed by atoms with Crippen molar-refractivity contribution in [3.05, 3.63) is 93.0 Å². The summed E-state index contributed by atoms with van der Waals surface area (Å²) in [7, 11) is 0.312. The number of aromatic nitrogens is 1. The molecule has 2 aromatic carbocycles. The van der Waals surface area contributed by atoms with E-state index in [-0.39, 0.29) is 39.3 Å². The molecule has 10 heteroatoms. The first-order chi connectivity index (χ1) is 19.6. The van der Waals surface area contributed by atoms with Crippen LogP contribution in [0, 0.1) is 5.92 Å². The molecule has 214 valence electrons. The molecule has 5 rings (SSSR count). The van der Waals surface area contributed by atoms with Crippen LogP contribution in [0.2, 0.25) is 0 Å². The molecule has 2 N–H and O–H groups in total. The first kappa shape index (κ1) is 28.9. The number of amides is 2. The molecule has 8 nitrogen and oxygen atoms in total. The molecule has 0 spiro atoms. The van der Waals surface area contributed by atoms with Crippen molar-refractivity contribution in [3.8, 4) is 10.6 Å². The molecule has 41 heavy (non-hydrogen) atoms. The number of nitrogens with one attached hydrogen (secondary N) is 2. The van der Waals surface area contributed by atoms with Crippen molar-refractivity contribution in [3.63, 3.8) is 0 Å². The summed E-state index contributed by atoms with van der Waals surface area (Å²) in [5.74, 6) is -1.15. The van der Waals surface area contributed by atoms with Gasteiger partial charge in [-0.3, -0.25) is 9.59 Å². The molecule has 1 aliphatic heterocycles. The Hall–Kier alpha value is -3.60. The number of allylic oxidation sites excluding steroid dienone is 2. The van der Waals surface area contributed by atoms with Gasteiger partial charge in [0.05, 0.1) is 27.6 Å². The molecule has 2 aliphatic rings. The lowest BCUT2D eigenvalue weighted by atomic mass is 9.91. The lowest BCUT2D eigenvalue weighted by Crippen LogP contribution is -2.31. The summed E-state index contributed by atoms with van der Waals surface area (Å²) in [6, 6.07) is 14.7. The number of nitrogens with zero attached hydrogens (tertiary/aromatic N) is 2. The maximum Gasteiger partial charge on any atom is 0.257 e. The van der Waals surface area contributed by atoms with Crippen molar-refractivity contribution in [2.45, 2.75) is 44.0 Å². The predicted molar refractivity (Wildman–Crippen MR) is 161 cm³/mol. The zero-order valence-corrected chi connectivity index (χ0v) is 25.1.